The van der Waals surface area contributed by atoms with E-state index in [4.69, 9.17) is 4.74 Å². The number of sulfonamides is 1. The number of ether oxygens (including phenoxy) is 1. The van der Waals surface area contributed by atoms with Gasteiger partial charge in [0.15, 0.2) is 0 Å². The molecule has 1 saturated heterocycles. The van der Waals surface area contributed by atoms with Crippen LogP contribution >= 0.6 is 0 Å². The fourth-order valence-corrected chi connectivity index (χ4v) is 3.64. The lowest BCUT2D eigenvalue weighted by Crippen LogP contribution is -2.40. The molecule has 24 heavy (non-hydrogen) atoms. The average Bonchev–Trinajstić information content (AvgIpc) is 2.59. The lowest BCUT2D eigenvalue weighted by Gasteiger charge is -2.26. The largest absolute Gasteiger partial charge is 0.379 e. The molecular weight excluding hydrogens is 334 g/mol. The zero-order valence-corrected chi connectivity index (χ0v) is 14.3. The normalized spacial score (nSPS) is 15.7. The Bertz CT molecular complexity index is 682. The van der Waals surface area contributed by atoms with Crippen molar-refractivity contribution in [3.8, 4) is 0 Å². The average molecular weight is 355 g/mol. The number of carbonyl (C=O) groups excluding carboxylic acids is 2. The Morgan fingerprint density at radius 3 is 2.25 bits per heavy atom. The van der Waals surface area contributed by atoms with Crippen LogP contribution in [0.2, 0.25) is 0 Å². The molecule has 1 aromatic rings. The van der Waals surface area contributed by atoms with Gasteiger partial charge < -0.3 is 15.4 Å². The second-order valence-corrected chi connectivity index (χ2v) is 7.22. The molecule has 9 heteroatoms. The fraction of sp³-hybridized carbons (Fsp3) is 0.467. The van der Waals surface area contributed by atoms with Crippen molar-refractivity contribution in [2.45, 2.75) is 11.8 Å². The van der Waals surface area contributed by atoms with Crippen molar-refractivity contribution in [2.24, 2.45) is 0 Å². The molecule has 1 heterocycles. The molecule has 0 aromatic heterocycles. The first kappa shape index (κ1) is 18.4. The van der Waals surface area contributed by atoms with E-state index in [0.29, 0.717) is 45.0 Å². The minimum Gasteiger partial charge on any atom is -0.379 e. The van der Waals surface area contributed by atoms with E-state index in [1.54, 1.807) is 0 Å². The monoisotopic (exact) mass is 355 g/mol. The quantitative estimate of drug-likeness (QED) is 0.674. The van der Waals surface area contributed by atoms with Gasteiger partial charge >= 0.3 is 0 Å². The molecule has 0 spiro atoms. The highest BCUT2D eigenvalue weighted by molar-refractivity contribution is 7.89. The summed E-state index contributed by atoms with van der Waals surface area (Å²) >= 11 is 0. The van der Waals surface area contributed by atoms with E-state index in [0.717, 1.165) is 0 Å². The molecule has 1 aliphatic heterocycles. The number of amides is 2. The molecule has 0 bridgehead atoms. The molecule has 0 aliphatic carbocycles. The van der Waals surface area contributed by atoms with E-state index >= 15 is 0 Å². The third kappa shape index (κ3) is 4.76. The van der Waals surface area contributed by atoms with E-state index in [1.807, 2.05) is 0 Å². The number of nitrogens with one attached hydrogen (secondary N) is 2. The molecule has 1 aliphatic rings. The maximum absolute atomic E-state index is 12.5. The predicted molar refractivity (Wildman–Crippen MR) is 87.0 cm³/mol. The number of rotatable bonds is 6. The van der Waals surface area contributed by atoms with Crippen LogP contribution in [0.15, 0.2) is 29.2 Å². The van der Waals surface area contributed by atoms with Crippen molar-refractivity contribution in [1.82, 2.24) is 14.9 Å². The molecule has 0 atom stereocenters. The van der Waals surface area contributed by atoms with Gasteiger partial charge in [0, 0.05) is 38.7 Å². The standard InChI is InChI=1S/C15H21N3O5S/c1-12(19)16-6-7-17-15(20)13-2-4-14(5-3-13)24(21,22)18-8-10-23-11-9-18/h2-5H,6-11H2,1H3,(H,16,19)(H,17,20). The van der Waals surface area contributed by atoms with Gasteiger partial charge in [0.25, 0.3) is 5.91 Å². The van der Waals surface area contributed by atoms with Crippen LogP contribution in [0.1, 0.15) is 17.3 Å². The molecule has 0 unspecified atom stereocenters. The lowest BCUT2D eigenvalue weighted by atomic mass is 10.2. The van der Waals surface area contributed by atoms with Gasteiger partial charge in [-0.3, -0.25) is 9.59 Å². The summed E-state index contributed by atoms with van der Waals surface area (Å²) in [5.41, 5.74) is 0.360. The van der Waals surface area contributed by atoms with Crippen LogP contribution in [0.4, 0.5) is 0 Å². The van der Waals surface area contributed by atoms with Crippen molar-refractivity contribution >= 4 is 21.8 Å². The molecule has 2 N–H and O–H groups in total. The molecular formula is C15H21N3O5S. The summed E-state index contributed by atoms with van der Waals surface area (Å²) < 4.78 is 31.5. The first-order chi connectivity index (χ1) is 11.4. The van der Waals surface area contributed by atoms with Gasteiger partial charge in [-0.2, -0.15) is 4.31 Å². The Balaban J connectivity index is 1.96. The van der Waals surface area contributed by atoms with Gasteiger partial charge in [-0.25, -0.2) is 8.42 Å². The summed E-state index contributed by atoms with van der Waals surface area (Å²) in [6, 6.07) is 5.79. The van der Waals surface area contributed by atoms with Crippen LogP contribution < -0.4 is 10.6 Å². The zero-order chi connectivity index (χ0) is 17.6. The highest BCUT2D eigenvalue weighted by Crippen LogP contribution is 2.17. The van der Waals surface area contributed by atoms with Crippen molar-refractivity contribution in [2.75, 3.05) is 39.4 Å². The van der Waals surface area contributed by atoms with Crippen molar-refractivity contribution < 1.29 is 22.7 Å². The van der Waals surface area contributed by atoms with Crippen molar-refractivity contribution in [3.63, 3.8) is 0 Å². The summed E-state index contributed by atoms with van der Waals surface area (Å²) in [4.78, 5) is 22.8. The molecule has 0 radical (unpaired) electrons. The van der Waals surface area contributed by atoms with Gasteiger partial charge in [0.2, 0.25) is 15.9 Å². The van der Waals surface area contributed by atoms with E-state index in [2.05, 4.69) is 10.6 Å². The number of nitrogens with zero attached hydrogens (tertiary/aromatic N) is 1. The molecule has 2 amide bonds. The lowest BCUT2D eigenvalue weighted by molar-refractivity contribution is -0.118. The highest BCUT2D eigenvalue weighted by Gasteiger charge is 2.26. The van der Waals surface area contributed by atoms with Crippen molar-refractivity contribution in [1.29, 1.82) is 0 Å². The predicted octanol–water partition coefficient (Wildman–Crippen LogP) is -0.427. The van der Waals surface area contributed by atoms with Crippen LogP contribution in [0.3, 0.4) is 0 Å². The maximum atomic E-state index is 12.5. The van der Waals surface area contributed by atoms with Gasteiger partial charge in [-0.15, -0.1) is 0 Å². The summed E-state index contributed by atoms with van der Waals surface area (Å²) in [5, 5.41) is 5.21. The molecule has 0 saturated carbocycles. The van der Waals surface area contributed by atoms with E-state index in [9.17, 15) is 18.0 Å². The summed E-state index contributed by atoms with van der Waals surface area (Å²) in [5.74, 6) is -0.488. The number of hydrogen-bond acceptors (Lipinski definition) is 5. The van der Waals surface area contributed by atoms with E-state index in [1.165, 1.54) is 35.5 Å². The van der Waals surface area contributed by atoms with E-state index < -0.39 is 10.0 Å². The Kier molecular flexibility index (Phi) is 6.29. The van der Waals surface area contributed by atoms with Gasteiger partial charge in [-0.05, 0) is 24.3 Å². The van der Waals surface area contributed by atoms with Gasteiger partial charge in [-0.1, -0.05) is 0 Å². The number of carbonyl (C=O) groups is 2. The van der Waals surface area contributed by atoms with E-state index in [-0.39, 0.29) is 16.7 Å². The van der Waals surface area contributed by atoms with Crippen LogP contribution in [0, 0.1) is 0 Å². The second kappa shape index (κ2) is 8.22. The smallest absolute Gasteiger partial charge is 0.251 e. The Labute approximate surface area is 141 Å². The van der Waals surface area contributed by atoms with Crippen LogP contribution in [0.5, 0.6) is 0 Å². The maximum Gasteiger partial charge on any atom is 0.251 e. The molecule has 132 valence electrons. The topological polar surface area (TPSA) is 105 Å². The minimum atomic E-state index is -3.56. The second-order valence-electron chi connectivity index (χ2n) is 5.28. The Morgan fingerprint density at radius 1 is 1.08 bits per heavy atom. The number of hydrogen-bond donors (Lipinski definition) is 2. The zero-order valence-electron chi connectivity index (χ0n) is 13.4. The molecule has 2 rings (SSSR count). The summed E-state index contributed by atoms with van der Waals surface area (Å²) in [7, 11) is -3.56. The summed E-state index contributed by atoms with van der Waals surface area (Å²) in [6.07, 6.45) is 0. The molecule has 1 aromatic carbocycles. The fourth-order valence-electron chi connectivity index (χ4n) is 2.23. The SMILES string of the molecule is CC(=O)NCCNC(=O)c1ccc(S(=O)(=O)N2CCOCC2)cc1. The summed E-state index contributed by atoms with van der Waals surface area (Å²) in [6.45, 7) is 3.45. The molecule has 1 fully saturated rings. The first-order valence-electron chi connectivity index (χ1n) is 7.62. The third-order valence-electron chi connectivity index (χ3n) is 3.51. The minimum absolute atomic E-state index is 0.152. The first-order valence-corrected chi connectivity index (χ1v) is 9.06. The van der Waals surface area contributed by atoms with Gasteiger partial charge in [0.05, 0.1) is 18.1 Å². The Morgan fingerprint density at radius 2 is 1.67 bits per heavy atom. The van der Waals surface area contributed by atoms with Crippen molar-refractivity contribution in [3.05, 3.63) is 29.8 Å². The number of morpholine rings is 1. The van der Waals surface area contributed by atoms with Gasteiger partial charge in [0.1, 0.15) is 0 Å². The van der Waals surface area contributed by atoms with Crippen LogP contribution in [-0.4, -0.2) is 63.9 Å². The highest BCUT2D eigenvalue weighted by atomic mass is 32.2. The van der Waals surface area contributed by atoms with Crippen LogP contribution in [-0.2, 0) is 19.6 Å². The van der Waals surface area contributed by atoms with Crippen LogP contribution in [0.25, 0.3) is 0 Å². The molecule has 8 nitrogen and oxygen atoms in total. The third-order valence-corrected chi connectivity index (χ3v) is 5.42. The Hall–Kier alpha value is -1.97. The number of benzene rings is 1.